The maximum absolute atomic E-state index is 11.7. The molecule has 0 radical (unpaired) electrons. The van der Waals surface area contributed by atoms with Crippen LogP contribution in [-0.2, 0) is 4.79 Å². The van der Waals surface area contributed by atoms with Gasteiger partial charge in [-0.05, 0) is 32.0 Å². The Balaban J connectivity index is 2.12. The van der Waals surface area contributed by atoms with Gasteiger partial charge < -0.3 is 5.32 Å². The minimum Gasteiger partial charge on any atom is -0.311 e. The van der Waals surface area contributed by atoms with Gasteiger partial charge in [-0.15, -0.1) is 0 Å². The van der Waals surface area contributed by atoms with Gasteiger partial charge in [-0.2, -0.15) is 10.1 Å². The van der Waals surface area contributed by atoms with Gasteiger partial charge in [-0.25, -0.2) is 9.67 Å². The lowest BCUT2D eigenvalue weighted by Crippen LogP contribution is -2.14. The molecular weight excluding hydrogens is 304 g/mol. The highest BCUT2D eigenvalue weighted by molar-refractivity contribution is 5.90. The van der Waals surface area contributed by atoms with Crippen molar-refractivity contribution in [3.8, 4) is 17.3 Å². The van der Waals surface area contributed by atoms with Crippen LogP contribution < -0.4 is 5.32 Å². The second kappa shape index (κ2) is 6.57. The van der Waals surface area contributed by atoms with Crippen LogP contribution >= 0.6 is 0 Å². The van der Waals surface area contributed by atoms with Crippen LogP contribution in [0, 0.1) is 13.8 Å². The molecule has 0 spiro atoms. The van der Waals surface area contributed by atoms with Gasteiger partial charge in [-0.3, -0.25) is 9.78 Å². The summed E-state index contributed by atoms with van der Waals surface area (Å²) in [5.74, 6) is 0.718. The highest BCUT2D eigenvalue weighted by Crippen LogP contribution is 2.20. The molecule has 0 saturated heterocycles. The van der Waals surface area contributed by atoms with Crippen LogP contribution in [0.5, 0.6) is 0 Å². The number of aryl methyl sites for hydroxylation is 2. The van der Waals surface area contributed by atoms with Gasteiger partial charge in [0.25, 0.3) is 5.95 Å². The normalized spacial score (nSPS) is 10.6. The molecule has 1 N–H and O–H groups in total. The molecule has 0 unspecified atom stereocenters. The van der Waals surface area contributed by atoms with Crippen molar-refractivity contribution in [3.05, 3.63) is 47.9 Å². The number of carbonyl (C=O) groups excluding carboxylic acids is 1. The SMILES string of the molecule is CCC(=O)Nc1cc(-c2ccccn2)nc(-n2nc(C)cc2C)n1. The molecule has 0 aliphatic heterocycles. The van der Waals surface area contributed by atoms with Crippen LogP contribution in [0.15, 0.2) is 36.5 Å². The van der Waals surface area contributed by atoms with Crippen molar-refractivity contribution in [2.45, 2.75) is 27.2 Å². The molecule has 0 fully saturated rings. The van der Waals surface area contributed by atoms with Gasteiger partial charge in [0.05, 0.1) is 17.1 Å². The fourth-order valence-electron chi connectivity index (χ4n) is 2.30. The summed E-state index contributed by atoms with van der Waals surface area (Å²) in [6.45, 7) is 5.63. The van der Waals surface area contributed by atoms with Crippen LogP contribution in [0.2, 0.25) is 0 Å². The van der Waals surface area contributed by atoms with E-state index in [2.05, 4.69) is 25.4 Å². The number of rotatable bonds is 4. The molecule has 3 rings (SSSR count). The third-order valence-corrected chi connectivity index (χ3v) is 3.43. The molecule has 7 heteroatoms. The van der Waals surface area contributed by atoms with Crippen LogP contribution in [0.1, 0.15) is 24.7 Å². The Hall–Kier alpha value is -3.09. The molecule has 1 amide bonds. The number of anilines is 1. The molecule has 0 atom stereocenters. The number of carbonyl (C=O) groups is 1. The minimum absolute atomic E-state index is 0.111. The summed E-state index contributed by atoms with van der Waals surface area (Å²) in [7, 11) is 0. The minimum atomic E-state index is -0.111. The van der Waals surface area contributed by atoms with Crippen molar-refractivity contribution in [1.82, 2.24) is 24.7 Å². The highest BCUT2D eigenvalue weighted by atomic mass is 16.1. The van der Waals surface area contributed by atoms with E-state index >= 15 is 0 Å². The lowest BCUT2D eigenvalue weighted by molar-refractivity contribution is -0.115. The monoisotopic (exact) mass is 322 g/mol. The molecule has 0 aromatic carbocycles. The molecule has 7 nitrogen and oxygen atoms in total. The number of hydrogen-bond acceptors (Lipinski definition) is 5. The fraction of sp³-hybridized carbons (Fsp3) is 0.235. The second-order valence-electron chi connectivity index (χ2n) is 5.39. The van der Waals surface area contributed by atoms with E-state index in [1.54, 1.807) is 23.9 Å². The smallest absolute Gasteiger partial charge is 0.253 e. The Bertz CT molecular complexity index is 872. The number of pyridine rings is 1. The molecule has 0 bridgehead atoms. The number of amides is 1. The topological polar surface area (TPSA) is 85.6 Å². The first-order chi connectivity index (χ1) is 11.6. The summed E-state index contributed by atoms with van der Waals surface area (Å²) >= 11 is 0. The summed E-state index contributed by atoms with van der Waals surface area (Å²) in [5.41, 5.74) is 3.12. The Morgan fingerprint density at radius 1 is 1.17 bits per heavy atom. The van der Waals surface area contributed by atoms with Gasteiger partial charge in [0.2, 0.25) is 5.91 Å². The molecule has 3 aromatic rings. The zero-order valence-corrected chi connectivity index (χ0v) is 13.8. The third-order valence-electron chi connectivity index (χ3n) is 3.43. The first-order valence-corrected chi connectivity index (χ1v) is 7.71. The molecule has 0 saturated carbocycles. The largest absolute Gasteiger partial charge is 0.311 e. The van der Waals surface area contributed by atoms with Crippen molar-refractivity contribution in [2.75, 3.05) is 5.32 Å². The summed E-state index contributed by atoms with van der Waals surface area (Å²) < 4.78 is 1.66. The Morgan fingerprint density at radius 3 is 2.62 bits per heavy atom. The molecule has 0 aliphatic rings. The predicted octanol–water partition coefficient (Wildman–Crippen LogP) is 2.69. The van der Waals surface area contributed by atoms with Crippen molar-refractivity contribution in [2.24, 2.45) is 0 Å². The van der Waals surface area contributed by atoms with Crippen LogP contribution in [0.25, 0.3) is 17.3 Å². The van der Waals surface area contributed by atoms with Gasteiger partial charge >= 0.3 is 0 Å². The molecule has 122 valence electrons. The van der Waals surface area contributed by atoms with E-state index in [-0.39, 0.29) is 5.91 Å². The molecule has 24 heavy (non-hydrogen) atoms. The molecule has 3 aromatic heterocycles. The summed E-state index contributed by atoms with van der Waals surface area (Å²) in [6.07, 6.45) is 2.07. The lowest BCUT2D eigenvalue weighted by Gasteiger charge is -2.09. The van der Waals surface area contributed by atoms with Gasteiger partial charge in [-0.1, -0.05) is 13.0 Å². The van der Waals surface area contributed by atoms with Crippen LogP contribution in [0.4, 0.5) is 5.82 Å². The standard InChI is InChI=1S/C17H18N6O/c1-4-16(24)20-15-10-14(13-7-5-6-8-18-13)19-17(21-15)23-12(3)9-11(2)22-23/h5-10H,4H2,1-3H3,(H,19,20,21,24). The van der Waals surface area contributed by atoms with Crippen molar-refractivity contribution >= 4 is 11.7 Å². The first-order valence-electron chi connectivity index (χ1n) is 7.71. The van der Waals surface area contributed by atoms with Crippen LogP contribution in [0.3, 0.4) is 0 Å². The molecular formula is C17H18N6O. The average Bonchev–Trinajstić information content (AvgIpc) is 2.93. The number of nitrogens with one attached hydrogen (secondary N) is 1. The first kappa shape index (κ1) is 15.8. The Morgan fingerprint density at radius 2 is 2.00 bits per heavy atom. The Labute approximate surface area is 139 Å². The maximum atomic E-state index is 11.7. The van der Waals surface area contributed by atoms with E-state index in [0.29, 0.717) is 29.6 Å². The van der Waals surface area contributed by atoms with Crippen molar-refractivity contribution in [1.29, 1.82) is 0 Å². The average molecular weight is 322 g/mol. The second-order valence-corrected chi connectivity index (χ2v) is 5.39. The summed E-state index contributed by atoms with van der Waals surface area (Å²) in [6, 6.07) is 9.25. The van der Waals surface area contributed by atoms with Gasteiger partial charge in [0.15, 0.2) is 0 Å². The molecule has 3 heterocycles. The molecule has 0 aliphatic carbocycles. The summed E-state index contributed by atoms with van der Waals surface area (Å²) in [5, 5.41) is 7.19. The highest BCUT2D eigenvalue weighted by Gasteiger charge is 2.13. The zero-order valence-electron chi connectivity index (χ0n) is 13.8. The van der Waals surface area contributed by atoms with E-state index in [4.69, 9.17) is 0 Å². The van der Waals surface area contributed by atoms with E-state index in [1.165, 1.54) is 0 Å². The third kappa shape index (κ3) is 3.29. The van der Waals surface area contributed by atoms with E-state index in [1.807, 2.05) is 38.1 Å². The van der Waals surface area contributed by atoms with E-state index < -0.39 is 0 Å². The number of nitrogens with zero attached hydrogens (tertiary/aromatic N) is 5. The number of hydrogen-bond donors (Lipinski definition) is 1. The quantitative estimate of drug-likeness (QED) is 0.798. The van der Waals surface area contributed by atoms with E-state index in [9.17, 15) is 4.79 Å². The fourth-order valence-corrected chi connectivity index (χ4v) is 2.30. The van der Waals surface area contributed by atoms with Crippen LogP contribution in [-0.4, -0.2) is 30.6 Å². The maximum Gasteiger partial charge on any atom is 0.253 e. The zero-order chi connectivity index (χ0) is 17.1. The van der Waals surface area contributed by atoms with Crippen molar-refractivity contribution < 1.29 is 4.79 Å². The predicted molar refractivity (Wildman–Crippen MR) is 90.8 cm³/mol. The van der Waals surface area contributed by atoms with Gasteiger partial charge in [0, 0.05) is 24.4 Å². The lowest BCUT2D eigenvalue weighted by atomic mass is 10.2. The Kier molecular flexibility index (Phi) is 4.33. The number of aromatic nitrogens is 5. The van der Waals surface area contributed by atoms with Gasteiger partial charge in [0.1, 0.15) is 5.82 Å². The van der Waals surface area contributed by atoms with E-state index in [0.717, 1.165) is 11.4 Å². The summed E-state index contributed by atoms with van der Waals surface area (Å²) in [4.78, 5) is 25.0. The van der Waals surface area contributed by atoms with Crippen molar-refractivity contribution in [3.63, 3.8) is 0 Å².